The average molecular weight is 519 g/mol. The Balaban J connectivity index is 0.00000612. The zero-order valence-electron chi connectivity index (χ0n) is 20.4. The standard InChI is InChI=1S/C26H28N4O4.Ni/c1-25(2,3)33-19-9-7-17(23(31)11-19)15-29-21(13-27)22(14-28)30-16-18-8-10-20(12-24(18)32)34-26(4,5)6;/h7-12,15-16,31-32H,1-6H3;/b22-21-,29-15?,30-16?;. The molecular weight excluding hydrogens is 491 g/mol. The van der Waals surface area contributed by atoms with E-state index in [1.54, 1.807) is 24.3 Å². The molecule has 2 rings (SSSR count). The number of hydrogen-bond donors (Lipinski definition) is 2. The van der Waals surface area contributed by atoms with Gasteiger partial charge in [0.2, 0.25) is 0 Å². The van der Waals surface area contributed by atoms with Gasteiger partial charge in [-0.25, -0.2) is 9.98 Å². The van der Waals surface area contributed by atoms with Crippen LogP contribution in [0, 0.1) is 22.7 Å². The van der Waals surface area contributed by atoms with E-state index in [1.807, 2.05) is 53.7 Å². The predicted octanol–water partition coefficient (Wildman–Crippen LogP) is 5.25. The van der Waals surface area contributed by atoms with Gasteiger partial charge in [0.1, 0.15) is 46.3 Å². The van der Waals surface area contributed by atoms with E-state index < -0.39 is 11.2 Å². The maximum absolute atomic E-state index is 10.2. The molecule has 186 valence electrons. The summed E-state index contributed by atoms with van der Waals surface area (Å²) in [7, 11) is 0. The smallest absolute Gasteiger partial charge is 0.176 e. The van der Waals surface area contributed by atoms with Crippen LogP contribution in [0.5, 0.6) is 23.0 Å². The number of nitrogens with zero attached hydrogens (tertiary/aromatic N) is 4. The van der Waals surface area contributed by atoms with Crippen molar-refractivity contribution in [1.82, 2.24) is 0 Å². The number of phenols is 2. The second kappa shape index (κ2) is 12.1. The molecule has 8 nitrogen and oxygen atoms in total. The number of phenolic OH excluding ortho intramolecular Hbond substituents is 2. The molecule has 0 aliphatic heterocycles. The molecule has 2 aromatic rings. The summed E-state index contributed by atoms with van der Waals surface area (Å²) in [4.78, 5) is 8.02. The molecule has 2 aromatic carbocycles. The van der Waals surface area contributed by atoms with Gasteiger partial charge in [0.25, 0.3) is 0 Å². The molecule has 0 amide bonds. The molecule has 0 aromatic heterocycles. The fraction of sp³-hybridized carbons (Fsp3) is 0.308. The summed E-state index contributed by atoms with van der Waals surface area (Å²) in [5.41, 5.74) is -0.676. The summed E-state index contributed by atoms with van der Waals surface area (Å²) in [6, 6.07) is 13.1. The third kappa shape index (κ3) is 9.53. The van der Waals surface area contributed by atoms with Crippen LogP contribution in [0.3, 0.4) is 0 Å². The van der Waals surface area contributed by atoms with Crippen LogP contribution >= 0.6 is 0 Å². The van der Waals surface area contributed by atoms with Crippen LogP contribution in [0.25, 0.3) is 0 Å². The third-order valence-electron chi connectivity index (χ3n) is 3.95. The molecule has 0 spiro atoms. The van der Waals surface area contributed by atoms with Crippen LogP contribution in [-0.2, 0) is 16.5 Å². The molecule has 0 heterocycles. The number of aromatic hydroxyl groups is 2. The molecule has 35 heavy (non-hydrogen) atoms. The molecule has 0 aliphatic rings. The molecule has 0 atom stereocenters. The number of benzene rings is 2. The van der Waals surface area contributed by atoms with Crippen molar-refractivity contribution in [2.45, 2.75) is 52.7 Å². The summed E-state index contributed by atoms with van der Waals surface area (Å²) in [5, 5.41) is 39.4. The van der Waals surface area contributed by atoms with Crippen molar-refractivity contribution in [3.8, 4) is 35.1 Å². The van der Waals surface area contributed by atoms with E-state index in [-0.39, 0.29) is 39.4 Å². The summed E-state index contributed by atoms with van der Waals surface area (Å²) in [6.45, 7) is 11.3. The monoisotopic (exact) mass is 518 g/mol. The van der Waals surface area contributed by atoms with Gasteiger partial charge in [0.05, 0.1) is 0 Å². The topological polar surface area (TPSA) is 131 Å². The van der Waals surface area contributed by atoms with Gasteiger partial charge in [-0.3, -0.25) is 0 Å². The minimum atomic E-state index is -0.424. The molecule has 0 saturated carbocycles. The zero-order valence-corrected chi connectivity index (χ0v) is 21.4. The zero-order chi connectivity index (χ0) is 25.5. The molecule has 2 N–H and O–H groups in total. The van der Waals surface area contributed by atoms with Gasteiger partial charge in [0, 0.05) is 52.2 Å². The molecule has 0 aliphatic carbocycles. The van der Waals surface area contributed by atoms with Gasteiger partial charge >= 0.3 is 0 Å². The molecule has 0 fully saturated rings. The number of ether oxygens (including phenoxy) is 2. The van der Waals surface area contributed by atoms with Crippen LogP contribution in [0.1, 0.15) is 52.7 Å². The van der Waals surface area contributed by atoms with Crippen LogP contribution < -0.4 is 9.47 Å². The Hall–Kier alpha value is -3.81. The summed E-state index contributed by atoms with van der Waals surface area (Å²) in [5.74, 6) is 0.790. The Morgan fingerprint density at radius 3 is 1.34 bits per heavy atom. The first-order valence-corrected chi connectivity index (χ1v) is 10.5. The van der Waals surface area contributed by atoms with Crippen molar-refractivity contribution in [1.29, 1.82) is 10.5 Å². The molecule has 0 unspecified atom stereocenters. The van der Waals surface area contributed by atoms with E-state index >= 15 is 0 Å². The average Bonchev–Trinajstić information content (AvgIpc) is 2.70. The number of hydrogen-bond acceptors (Lipinski definition) is 8. The van der Waals surface area contributed by atoms with E-state index in [2.05, 4.69) is 9.98 Å². The van der Waals surface area contributed by atoms with Gasteiger partial charge in [-0.05, 0) is 65.8 Å². The molecular formula is C26H28N4NiO4. The first-order chi connectivity index (χ1) is 15.8. The van der Waals surface area contributed by atoms with E-state index in [9.17, 15) is 20.7 Å². The minimum absolute atomic E-state index is 0. The second-order valence-corrected chi connectivity index (χ2v) is 9.31. The van der Waals surface area contributed by atoms with Gasteiger partial charge < -0.3 is 19.7 Å². The fourth-order valence-corrected chi connectivity index (χ4v) is 2.65. The second-order valence-electron chi connectivity index (χ2n) is 9.31. The Kier molecular flexibility index (Phi) is 10.1. The van der Waals surface area contributed by atoms with Gasteiger partial charge in [-0.1, -0.05) is 0 Å². The SMILES string of the molecule is CC(C)(C)Oc1ccc(C=N/C(C#N)=C(/C#N)N=Cc2ccc(OC(C)(C)C)cc2O)c(O)c1.[Ni]. The number of nitriles is 2. The quantitative estimate of drug-likeness (QED) is 0.305. The minimum Gasteiger partial charge on any atom is -0.507 e. The van der Waals surface area contributed by atoms with Crippen molar-refractivity contribution in [2.75, 3.05) is 0 Å². The molecule has 0 bridgehead atoms. The van der Waals surface area contributed by atoms with Crippen molar-refractivity contribution in [2.24, 2.45) is 9.98 Å². The summed E-state index contributed by atoms with van der Waals surface area (Å²) in [6.07, 6.45) is 2.52. The first-order valence-electron chi connectivity index (χ1n) is 10.5. The first kappa shape index (κ1) is 29.2. The van der Waals surface area contributed by atoms with E-state index in [1.165, 1.54) is 24.6 Å². The molecule has 0 radical (unpaired) electrons. The molecule has 0 saturated heterocycles. The fourth-order valence-electron chi connectivity index (χ4n) is 2.65. The van der Waals surface area contributed by atoms with Crippen molar-refractivity contribution < 1.29 is 36.2 Å². The Bertz CT molecular complexity index is 1130. The van der Waals surface area contributed by atoms with Crippen molar-refractivity contribution in [3.63, 3.8) is 0 Å². The summed E-state index contributed by atoms with van der Waals surface area (Å²) >= 11 is 0. The number of aliphatic imine (C=N–C) groups is 2. The van der Waals surface area contributed by atoms with Crippen LogP contribution in [0.2, 0.25) is 0 Å². The molecule has 9 heteroatoms. The third-order valence-corrected chi connectivity index (χ3v) is 3.95. The summed E-state index contributed by atoms with van der Waals surface area (Å²) < 4.78 is 11.4. The van der Waals surface area contributed by atoms with E-state index in [0.29, 0.717) is 22.6 Å². The van der Waals surface area contributed by atoms with Crippen LogP contribution in [0.15, 0.2) is 57.8 Å². The van der Waals surface area contributed by atoms with Gasteiger partial charge in [0.15, 0.2) is 11.4 Å². The number of rotatable bonds is 6. The largest absolute Gasteiger partial charge is 0.507 e. The van der Waals surface area contributed by atoms with Crippen LogP contribution in [0.4, 0.5) is 0 Å². The van der Waals surface area contributed by atoms with E-state index in [0.717, 1.165) is 0 Å². The Morgan fingerprint density at radius 2 is 1.09 bits per heavy atom. The Labute approximate surface area is 215 Å². The number of allylic oxidation sites excluding steroid dienone is 2. The van der Waals surface area contributed by atoms with Crippen molar-refractivity contribution in [3.05, 3.63) is 58.9 Å². The van der Waals surface area contributed by atoms with Gasteiger partial charge in [-0.15, -0.1) is 0 Å². The maximum atomic E-state index is 10.2. The normalized spacial score (nSPS) is 12.5. The van der Waals surface area contributed by atoms with Crippen LogP contribution in [-0.4, -0.2) is 33.8 Å². The van der Waals surface area contributed by atoms with E-state index in [4.69, 9.17) is 9.47 Å². The van der Waals surface area contributed by atoms with Crippen molar-refractivity contribution >= 4 is 12.4 Å². The van der Waals surface area contributed by atoms with Gasteiger partial charge in [-0.2, -0.15) is 10.5 Å². The Morgan fingerprint density at radius 1 is 0.743 bits per heavy atom. The maximum Gasteiger partial charge on any atom is 0.176 e. The predicted molar refractivity (Wildman–Crippen MR) is 130 cm³/mol.